The Morgan fingerprint density at radius 2 is 1.71 bits per heavy atom. The Morgan fingerprint density at radius 1 is 1.14 bits per heavy atom. The Hall–Kier alpha value is 2.06. The van der Waals surface area contributed by atoms with Gasteiger partial charge in [-0.3, -0.25) is 0 Å². The predicted molar refractivity (Wildman–Crippen MR) is 91.3 cm³/mol. The molecule has 1 rings (SSSR count). The van der Waals surface area contributed by atoms with Gasteiger partial charge in [0.05, 0.1) is 6.10 Å². The Bertz CT molecular complexity index is 356. The Morgan fingerprint density at radius 3 is 2.21 bits per heavy atom. The summed E-state index contributed by atoms with van der Waals surface area (Å²) in [6.45, 7) is 0.267. The van der Waals surface area contributed by atoms with Crippen molar-refractivity contribution in [3.8, 4) is 0 Å². The molecule has 1 unspecified atom stereocenters. The van der Waals surface area contributed by atoms with Crippen LogP contribution < -0.4 is 5.73 Å². The van der Waals surface area contributed by atoms with Crippen LogP contribution in [0.3, 0.4) is 0 Å². The third-order valence-electron chi connectivity index (χ3n) is 1.71. The first-order valence-corrected chi connectivity index (χ1v) is 8.01. The van der Waals surface area contributed by atoms with Crippen molar-refractivity contribution in [2.75, 3.05) is 6.54 Å². The third kappa shape index (κ3) is 3.05. The molecule has 14 heavy (non-hydrogen) atoms. The lowest BCUT2D eigenvalue weighted by molar-refractivity contribution is 0.185. The summed E-state index contributed by atoms with van der Waals surface area (Å²) in [6, 6.07) is 2.07. The topological polar surface area (TPSA) is 46.2 Å². The summed E-state index contributed by atoms with van der Waals surface area (Å²) < 4.78 is 4.59. The van der Waals surface area contributed by atoms with Crippen molar-refractivity contribution in [3.63, 3.8) is 0 Å². The van der Waals surface area contributed by atoms with Gasteiger partial charge in [-0.2, -0.15) is 0 Å². The van der Waals surface area contributed by atoms with Gasteiger partial charge in [-0.25, -0.2) is 0 Å². The van der Waals surface area contributed by atoms with Crippen LogP contribution in [0.1, 0.15) is 11.7 Å². The van der Waals surface area contributed by atoms with Gasteiger partial charge in [0, 0.05) is 26.4 Å². The molecule has 0 aromatic heterocycles. The molecular formula is C8H7I4NO. The minimum absolute atomic E-state index is 0.267. The molecule has 0 saturated heterocycles. The van der Waals surface area contributed by atoms with Gasteiger partial charge in [0.15, 0.2) is 0 Å². The molecule has 78 valence electrons. The number of nitrogens with two attached hydrogens (primary N) is 1. The molecule has 1 atom stereocenters. The molecule has 0 aliphatic heterocycles. The summed E-state index contributed by atoms with van der Waals surface area (Å²) in [5, 5.41) is 9.77. The molecule has 0 aliphatic rings. The summed E-state index contributed by atoms with van der Waals surface area (Å²) >= 11 is 9.09. The summed E-state index contributed by atoms with van der Waals surface area (Å²) in [5.74, 6) is 0. The van der Waals surface area contributed by atoms with Crippen LogP contribution in [0.15, 0.2) is 6.07 Å². The number of benzene rings is 1. The molecule has 0 spiro atoms. The van der Waals surface area contributed by atoms with Crippen molar-refractivity contribution >= 4 is 90.4 Å². The molecule has 1 aromatic rings. The largest absolute Gasteiger partial charge is 0.387 e. The quantitative estimate of drug-likeness (QED) is 0.297. The highest BCUT2D eigenvalue weighted by atomic mass is 127. The van der Waals surface area contributed by atoms with E-state index < -0.39 is 6.10 Å². The van der Waals surface area contributed by atoms with E-state index in [-0.39, 0.29) is 6.54 Å². The van der Waals surface area contributed by atoms with Crippen molar-refractivity contribution in [1.82, 2.24) is 0 Å². The highest BCUT2D eigenvalue weighted by molar-refractivity contribution is 14.1. The van der Waals surface area contributed by atoms with Crippen molar-refractivity contribution in [1.29, 1.82) is 0 Å². The third-order valence-corrected chi connectivity index (χ3v) is 7.75. The minimum Gasteiger partial charge on any atom is -0.387 e. The van der Waals surface area contributed by atoms with Gasteiger partial charge in [0.25, 0.3) is 0 Å². The molecule has 0 fully saturated rings. The highest BCUT2D eigenvalue weighted by Gasteiger charge is 2.17. The fraction of sp³-hybridized carbons (Fsp3) is 0.250. The van der Waals surface area contributed by atoms with E-state index in [0.717, 1.165) is 12.7 Å². The fourth-order valence-corrected chi connectivity index (χ4v) is 5.54. The molecule has 2 nitrogen and oxygen atoms in total. The van der Waals surface area contributed by atoms with E-state index in [1.54, 1.807) is 0 Å². The van der Waals surface area contributed by atoms with E-state index in [1.165, 1.54) is 7.14 Å². The number of aliphatic hydroxyl groups is 1. The average molecular weight is 641 g/mol. The fourth-order valence-electron chi connectivity index (χ4n) is 1.00. The van der Waals surface area contributed by atoms with Crippen molar-refractivity contribution in [3.05, 3.63) is 25.9 Å². The Labute approximate surface area is 137 Å². The lowest BCUT2D eigenvalue weighted by Crippen LogP contribution is -2.15. The molecule has 0 heterocycles. The molecular weight excluding hydrogens is 634 g/mol. The van der Waals surface area contributed by atoms with E-state index in [9.17, 15) is 5.11 Å². The second kappa shape index (κ2) is 6.12. The van der Waals surface area contributed by atoms with Crippen LogP contribution in [0, 0.1) is 14.3 Å². The number of hydrogen-bond acceptors (Lipinski definition) is 2. The second-order valence-electron chi connectivity index (χ2n) is 2.63. The molecule has 0 saturated carbocycles. The first-order valence-electron chi connectivity index (χ1n) is 3.70. The first kappa shape index (κ1) is 14.1. The smallest absolute Gasteiger partial charge is 0.0933 e. The molecule has 6 heteroatoms. The van der Waals surface area contributed by atoms with E-state index in [4.69, 9.17) is 5.73 Å². The van der Waals surface area contributed by atoms with Crippen LogP contribution >= 0.6 is 90.4 Å². The standard InChI is InChI=1S/C8H7I4NO/c9-3-1-4(10)7(11)8(12)6(3)5(14)2-13/h1,5,14H,2,13H2. The molecule has 0 bridgehead atoms. The minimum atomic E-state index is -0.556. The zero-order chi connectivity index (χ0) is 10.9. The van der Waals surface area contributed by atoms with Gasteiger partial charge < -0.3 is 10.8 Å². The maximum Gasteiger partial charge on any atom is 0.0933 e. The summed E-state index contributed by atoms with van der Waals surface area (Å²) in [7, 11) is 0. The van der Waals surface area contributed by atoms with Gasteiger partial charge >= 0.3 is 0 Å². The highest BCUT2D eigenvalue weighted by Crippen LogP contribution is 2.32. The van der Waals surface area contributed by atoms with E-state index in [1.807, 2.05) is 0 Å². The van der Waals surface area contributed by atoms with Crippen molar-refractivity contribution in [2.45, 2.75) is 6.10 Å². The average Bonchev–Trinajstić information content (AvgIpc) is 2.14. The Kier molecular flexibility index (Phi) is 6.17. The van der Waals surface area contributed by atoms with Crippen LogP contribution in [-0.2, 0) is 0 Å². The van der Waals surface area contributed by atoms with Crippen LogP contribution in [0.2, 0.25) is 0 Å². The van der Waals surface area contributed by atoms with Gasteiger partial charge in [0.1, 0.15) is 0 Å². The van der Waals surface area contributed by atoms with E-state index in [0.29, 0.717) is 0 Å². The number of halogens is 4. The van der Waals surface area contributed by atoms with Gasteiger partial charge in [-0.1, -0.05) is 0 Å². The van der Waals surface area contributed by atoms with Crippen LogP contribution in [0.25, 0.3) is 0 Å². The summed E-state index contributed by atoms with van der Waals surface area (Å²) in [6.07, 6.45) is -0.556. The zero-order valence-corrected chi connectivity index (χ0v) is 15.5. The Balaban J connectivity index is 3.36. The number of aliphatic hydroxyl groups excluding tert-OH is 1. The van der Waals surface area contributed by atoms with E-state index >= 15 is 0 Å². The molecule has 3 N–H and O–H groups in total. The first-order chi connectivity index (χ1) is 6.49. The van der Waals surface area contributed by atoms with Crippen LogP contribution in [0.5, 0.6) is 0 Å². The monoisotopic (exact) mass is 641 g/mol. The summed E-state index contributed by atoms with van der Waals surface area (Å²) in [4.78, 5) is 0. The molecule has 0 amide bonds. The van der Waals surface area contributed by atoms with Crippen molar-refractivity contribution < 1.29 is 5.11 Å². The maximum absolute atomic E-state index is 9.77. The van der Waals surface area contributed by atoms with Crippen LogP contribution in [0.4, 0.5) is 0 Å². The summed E-state index contributed by atoms with van der Waals surface area (Å²) in [5.41, 5.74) is 6.43. The molecule has 1 aromatic carbocycles. The molecule has 0 radical (unpaired) electrons. The normalized spacial score (nSPS) is 13.0. The maximum atomic E-state index is 9.77. The number of rotatable bonds is 2. The SMILES string of the molecule is NCC(O)c1c(I)cc(I)c(I)c1I. The lowest BCUT2D eigenvalue weighted by atomic mass is 10.1. The van der Waals surface area contributed by atoms with Gasteiger partial charge in [-0.15, -0.1) is 0 Å². The number of hydrogen-bond donors (Lipinski definition) is 2. The van der Waals surface area contributed by atoms with Gasteiger partial charge in [0.2, 0.25) is 0 Å². The van der Waals surface area contributed by atoms with E-state index in [2.05, 4.69) is 96.4 Å². The predicted octanol–water partition coefficient (Wildman–Crippen LogP) is 3.10. The lowest BCUT2D eigenvalue weighted by Gasteiger charge is -2.15. The molecule has 0 aliphatic carbocycles. The van der Waals surface area contributed by atoms with Crippen LogP contribution in [-0.4, -0.2) is 11.7 Å². The van der Waals surface area contributed by atoms with Gasteiger partial charge in [-0.05, 0) is 96.4 Å². The zero-order valence-electron chi connectivity index (χ0n) is 6.90. The van der Waals surface area contributed by atoms with Crippen molar-refractivity contribution in [2.24, 2.45) is 5.73 Å². The second-order valence-corrected chi connectivity index (χ2v) is 7.12.